The maximum atomic E-state index is 14.6. The molecule has 2 aromatic rings. The maximum absolute atomic E-state index is 14.6. The highest BCUT2D eigenvalue weighted by atomic mass is 19.4. The number of methoxy groups -OCH3 is 1. The number of ether oxygens (including phenoxy) is 3. The summed E-state index contributed by atoms with van der Waals surface area (Å²) in [6.45, 7) is 5.89. The molecule has 2 aromatic heterocycles. The minimum absolute atomic E-state index is 0.0264. The summed E-state index contributed by atoms with van der Waals surface area (Å²) >= 11 is 0. The number of amides is 1. The molecule has 5 aliphatic heterocycles. The van der Waals surface area contributed by atoms with Crippen molar-refractivity contribution in [3.8, 4) is 12.1 Å². The lowest BCUT2D eigenvalue weighted by atomic mass is 9.95. The maximum Gasteiger partial charge on any atom is 0.418 e. The van der Waals surface area contributed by atoms with Gasteiger partial charge in [-0.05, 0) is 50.8 Å². The summed E-state index contributed by atoms with van der Waals surface area (Å²) in [7, 11) is 1.73. The van der Waals surface area contributed by atoms with Crippen molar-refractivity contribution in [3.63, 3.8) is 0 Å². The van der Waals surface area contributed by atoms with Crippen LogP contribution in [0.4, 0.5) is 29.2 Å². The second-order valence-electron chi connectivity index (χ2n) is 15.4. The molecule has 1 amide bonds. The molecule has 0 aliphatic carbocycles. The van der Waals surface area contributed by atoms with Gasteiger partial charge in [0.05, 0.1) is 53.7 Å². The number of nitrogens with zero attached hydrogens (tertiary/aromatic N) is 8. The average Bonchev–Trinajstić information content (AvgIpc) is 3.68. The van der Waals surface area contributed by atoms with E-state index >= 15 is 0 Å². The SMILES string of the molecule is COC1CCN(C/C=C/C(=O)N2CCN(c3nc(OC[C@@]45CCCN4C[C@H](F)C5)nc4c3COC(c3nc(N)cc(C)c3C(F)(F)F)C4)C[C@@H]2CC#N)CC1. The zero-order chi connectivity index (χ0) is 38.9. The molecular formula is C38H49F4N9O4. The third kappa shape index (κ3) is 8.37. The lowest BCUT2D eigenvalue weighted by Gasteiger charge is -2.42. The van der Waals surface area contributed by atoms with Crippen molar-refractivity contribution in [2.24, 2.45) is 0 Å². The zero-order valence-electron chi connectivity index (χ0n) is 31.4. The van der Waals surface area contributed by atoms with Gasteiger partial charge in [-0.15, -0.1) is 0 Å². The number of nitrogen functional groups attached to an aromatic ring is 1. The summed E-state index contributed by atoms with van der Waals surface area (Å²) < 4.78 is 75.4. The number of nitrogens with two attached hydrogens (primary N) is 1. The first kappa shape index (κ1) is 39.1. The van der Waals surface area contributed by atoms with Crippen LogP contribution in [-0.2, 0) is 33.5 Å². The number of aromatic nitrogens is 3. The molecular weight excluding hydrogens is 722 g/mol. The van der Waals surface area contributed by atoms with Gasteiger partial charge in [-0.2, -0.15) is 28.4 Å². The fraction of sp³-hybridized carbons (Fsp3) is 0.658. The van der Waals surface area contributed by atoms with Crippen LogP contribution in [-0.4, -0.2) is 125 Å². The van der Waals surface area contributed by atoms with Crippen LogP contribution in [0.5, 0.6) is 6.01 Å². The number of hydrogen-bond donors (Lipinski definition) is 1. The van der Waals surface area contributed by atoms with Crippen LogP contribution in [0, 0.1) is 18.3 Å². The Morgan fingerprint density at radius 3 is 2.71 bits per heavy atom. The van der Waals surface area contributed by atoms with E-state index in [2.05, 4.69) is 20.9 Å². The number of hydrogen-bond acceptors (Lipinski definition) is 12. The minimum atomic E-state index is -4.69. The van der Waals surface area contributed by atoms with E-state index in [1.807, 2.05) is 11.0 Å². The Morgan fingerprint density at radius 1 is 1.16 bits per heavy atom. The molecule has 55 heavy (non-hydrogen) atoms. The van der Waals surface area contributed by atoms with Crippen molar-refractivity contribution < 1.29 is 36.6 Å². The van der Waals surface area contributed by atoms with Crippen molar-refractivity contribution in [2.45, 2.75) is 94.6 Å². The van der Waals surface area contributed by atoms with Crippen LogP contribution in [0.3, 0.4) is 0 Å². The number of carbonyl (C=O) groups excluding carboxylic acids is 1. The molecule has 7 rings (SSSR count). The van der Waals surface area contributed by atoms with Gasteiger partial charge in [0.25, 0.3) is 0 Å². The van der Waals surface area contributed by atoms with Crippen LogP contribution in [0.1, 0.15) is 72.7 Å². The first-order chi connectivity index (χ1) is 26.4. The number of halogens is 4. The Kier molecular flexibility index (Phi) is 11.5. The van der Waals surface area contributed by atoms with Crippen molar-refractivity contribution in [1.29, 1.82) is 5.26 Å². The van der Waals surface area contributed by atoms with E-state index < -0.39 is 35.6 Å². The molecule has 298 valence electrons. The molecule has 0 aromatic carbocycles. The first-order valence-electron chi connectivity index (χ1n) is 19.1. The van der Waals surface area contributed by atoms with Gasteiger partial charge in [0.1, 0.15) is 30.5 Å². The van der Waals surface area contributed by atoms with E-state index in [0.717, 1.165) is 45.3 Å². The predicted molar refractivity (Wildman–Crippen MR) is 194 cm³/mol. The molecule has 2 N–H and O–H groups in total. The van der Waals surface area contributed by atoms with Crippen LogP contribution in [0.25, 0.3) is 0 Å². The molecule has 17 heteroatoms. The third-order valence-electron chi connectivity index (χ3n) is 11.8. The normalized spacial score (nSPS) is 26.7. The molecule has 0 radical (unpaired) electrons. The molecule has 4 saturated heterocycles. The highest BCUT2D eigenvalue weighted by Crippen LogP contribution is 2.43. The molecule has 0 saturated carbocycles. The number of fused-ring (bicyclic) bond motifs is 2. The van der Waals surface area contributed by atoms with Gasteiger partial charge < -0.3 is 29.7 Å². The first-order valence-corrected chi connectivity index (χ1v) is 19.1. The van der Waals surface area contributed by atoms with E-state index in [1.165, 1.54) is 13.0 Å². The number of piperazine rings is 1. The summed E-state index contributed by atoms with van der Waals surface area (Å²) in [6, 6.07) is 2.98. The zero-order valence-corrected chi connectivity index (χ0v) is 31.4. The lowest BCUT2D eigenvalue weighted by Crippen LogP contribution is -2.55. The molecule has 4 fully saturated rings. The van der Waals surface area contributed by atoms with Gasteiger partial charge in [0.2, 0.25) is 5.91 Å². The summed E-state index contributed by atoms with van der Waals surface area (Å²) in [5.41, 5.74) is 5.21. The van der Waals surface area contributed by atoms with Crippen molar-refractivity contribution in [2.75, 3.05) is 76.7 Å². The lowest BCUT2D eigenvalue weighted by molar-refractivity contribution is -0.140. The van der Waals surface area contributed by atoms with Gasteiger partial charge in [0, 0.05) is 77.4 Å². The number of pyridine rings is 1. The van der Waals surface area contributed by atoms with Crippen molar-refractivity contribution >= 4 is 17.5 Å². The van der Waals surface area contributed by atoms with Gasteiger partial charge in [0.15, 0.2) is 0 Å². The predicted octanol–water partition coefficient (Wildman–Crippen LogP) is 4.15. The van der Waals surface area contributed by atoms with Gasteiger partial charge >= 0.3 is 12.2 Å². The third-order valence-corrected chi connectivity index (χ3v) is 11.8. The van der Waals surface area contributed by atoms with Gasteiger partial charge in [-0.1, -0.05) is 6.08 Å². The molecule has 13 nitrogen and oxygen atoms in total. The summed E-state index contributed by atoms with van der Waals surface area (Å²) in [5.74, 6) is 0.231. The molecule has 0 spiro atoms. The number of anilines is 2. The summed E-state index contributed by atoms with van der Waals surface area (Å²) in [6.07, 6.45) is 0.896. The van der Waals surface area contributed by atoms with Crippen LogP contribution in [0.15, 0.2) is 18.2 Å². The van der Waals surface area contributed by atoms with Crippen molar-refractivity contribution in [1.82, 2.24) is 29.7 Å². The van der Waals surface area contributed by atoms with Gasteiger partial charge in [-0.3, -0.25) is 14.6 Å². The molecule has 7 heterocycles. The number of rotatable bonds is 10. The summed E-state index contributed by atoms with van der Waals surface area (Å²) in [4.78, 5) is 35.2. The molecule has 0 bridgehead atoms. The largest absolute Gasteiger partial charge is 0.461 e. The number of aryl methyl sites for hydroxylation is 1. The fourth-order valence-electron chi connectivity index (χ4n) is 9.05. The monoisotopic (exact) mass is 771 g/mol. The molecule has 4 atom stereocenters. The van der Waals surface area contributed by atoms with Gasteiger partial charge in [-0.25, -0.2) is 9.37 Å². The Hall–Kier alpha value is -4.11. The van der Waals surface area contributed by atoms with E-state index in [0.29, 0.717) is 49.7 Å². The van der Waals surface area contributed by atoms with Crippen LogP contribution >= 0.6 is 0 Å². The van der Waals surface area contributed by atoms with Crippen molar-refractivity contribution in [3.05, 3.63) is 46.3 Å². The average molecular weight is 772 g/mol. The Bertz CT molecular complexity index is 1800. The summed E-state index contributed by atoms with van der Waals surface area (Å²) in [5, 5.41) is 9.79. The number of likely N-dealkylation sites (tertiary alicyclic amines) is 1. The smallest absolute Gasteiger partial charge is 0.418 e. The fourth-order valence-corrected chi connectivity index (χ4v) is 9.05. The quantitative estimate of drug-likeness (QED) is 0.274. The Balaban J connectivity index is 1.14. The molecule has 1 unspecified atom stereocenters. The number of nitriles is 1. The van der Waals surface area contributed by atoms with E-state index in [-0.39, 0.29) is 67.7 Å². The van der Waals surface area contributed by atoms with E-state index in [1.54, 1.807) is 18.1 Å². The second kappa shape index (κ2) is 16.2. The van der Waals surface area contributed by atoms with Crippen LogP contribution in [0.2, 0.25) is 0 Å². The number of piperidine rings is 1. The Labute approximate surface area is 318 Å². The minimum Gasteiger partial charge on any atom is -0.461 e. The number of alkyl halides is 4. The second-order valence-corrected chi connectivity index (χ2v) is 15.4. The van der Waals surface area contributed by atoms with E-state index in [4.69, 9.17) is 29.9 Å². The highest BCUT2D eigenvalue weighted by molar-refractivity contribution is 5.88. The Morgan fingerprint density at radius 2 is 1.96 bits per heavy atom. The number of carbonyl (C=O) groups is 1. The molecule has 5 aliphatic rings. The topological polar surface area (TPSA) is 146 Å². The van der Waals surface area contributed by atoms with E-state index in [9.17, 15) is 27.6 Å². The standard InChI is InChI=1S/C38H49F4N9O4/c1-24-17-31(44)46-34(33(24)38(40,41)42)30-18-29-28(22-54-30)35(47-36(45-29)55-23-37-9-4-12-50(37)20-25(39)19-37)49-15-16-51(26(21-49)6-10-43)32(52)5-3-11-48-13-7-27(53-2)8-14-48/h3,5,17,25-27,30H,4,6-9,11-16,18-23H2,1-2H3,(H2,44,46)/b5-3+/t25-,26+,30?,37+/m1/s1. The van der Waals surface area contributed by atoms with Crippen LogP contribution < -0.4 is 15.4 Å². The highest BCUT2D eigenvalue weighted by Gasteiger charge is 2.49.